The van der Waals surface area contributed by atoms with Crippen molar-refractivity contribution in [1.82, 2.24) is 5.32 Å². The summed E-state index contributed by atoms with van der Waals surface area (Å²) in [4.78, 5) is 11.9. The van der Waals surface area contributed by atoms with Gasteiger partial charge in [0.15, 0.2) is 0 Å². The molecule has 0 atom stereocenters. The maximum absolute atomic E-state index is 11.9. The Morgan fingerprint density at radius 2 is 1.81 bits per heavy atom. The lowest BCUT2D eigenvalue weighted by Crippen LogP contribution is -2.27. The molecular weight excluding hydrogens is 262 g/mol. The molecule has 0 saturated carbocycles. The van der Waals surface area contributed by atoms with E-state index in [-0.39, 0.29) is 5.91 Å². The molecule has 0 fully saturated rings. The van der Waals surface area contributed by atoms with Crippen molar-refractivity contribution in [3.05, 3.63) is 65.2 Å². The SMILES string of the molecule is COc1ccccc1CCNC(=O)Cc1ccc(C)cc1. The van der Waals surface area contributed by atoms with E-state index in [2.05, 4.69) is 5.32 Å². The van der Waals surface area contributed by atoms with Gasteiger partial charge >= 0.3 is 0 Å². The second kappa shape index (κ2) is 7.48. The fourth-order valence-electron chi connectivity index (χ4n) is 2.20. The molecule has 0 aromatic heterocycles. The molecule has 0 radical (unpaired) electrons. The quantitative estimate of drug-likeness (QED) is 0.885. The summed E-state index contributed by atoms with van der Waals surface area (Å²) in [7, 11) is 1.66. The number of ether oxygens (including phenoxy) is 1. The highest BCUT2D eigenvalue weighted by Gasteiger charge is 2.05. The monoisotopic (exact) mass is 283 g/mol. The van der Waals surface area contributed by atoms with Crippen molar-refractivity contribution in [1.29, 1.82) is 0 Å². The van der Waals surface area contributed by atoms with Gasteiger partial charge in [0.25, 0.3) is 0 Å². The highest BCUT2D eigenvalue weighted by molar-refractivity contribution is 5.78. The van der Waals surface area contributed by atoms with Crippen LogP contribution in [-0.4, -0.2) is 19.6 Å². The Bertz CT molecular complexity index is 590. The van der Waals surface area contributed by atoms with Gasteiger partial charge in [-0.3, -0.25) is 4.79 Å². The Balaban J connectivity index is 1.80. The van der Waals surface area contributed by atoms with Crippen molar-refractivity contribution in [2.24, 2.45) is 0 Å². The standard InChI is InChI=1S/C18H21NO2/c1-14-7-9-15(10-8-14)13-18(20)19-12-11-16-5-3-4-6-17(16)21-2/h3-10H,11-13H2,1-2H3,(H,19,20). The molecule has 3 heteroatoms. The third-order valence-corrected chi connectivity index (χ3v) is 3.39. The first-order valence-electron chi connectivity index (χ1n) is 7.13. The third-order valence-electron chi connectivity index (χ3n) is 3.39. The topological polar surface area (TPSA) is 38.3 Å². The molecule has 0 heterocycles. The number of para-hydroxylation sites is 1. The van der Waals surface area contributed by atoms with Crippen molar-refractivity contribution in [2.75, 3.05) is 13.7 Å². The van der Waals surface area contributed by atoms with E-state index in [4.69, 9.17) is 4.74 Å². The molecule has 0 aliphatic heterocycles. The second-order valence-electron chi connectivity index (χ2n) is 5.07. The normalized spacial score (nSPS) is 10.2. The van der Waals surface area contributed by atoms with E-state index < -0.39 is 0 Å². The van der Waals surface area contributed by atoms with Crippen molar-refractivity contribution in [3.63, 3.8) is 0 Å². The van der Waals surface area contributed by atoms with Crippen LogP contribution in [0, 0.1) is 6.92 Å². The zero-order valence-corrected chi connectivity index (χ0v) is 12.6. The van der Waals surface area contributed by atoms with Crippen molar-refractivity contribution in [3.8, 4) is 5.75 Å². The van der Waals surface area contributed by atoms with Gasteiger partial charge in [-0.1, -0.05) is 48.0 Å². The molecule has 21 heavy (non-hydrogen) atoms. The predicted molar refractivity (Wildman–Crippen MR) is 84.6 cm³/mol. The smallest absolute Gasteiger partial charge is 0.224 e. The number of carbonyl (C=O) groups is 1. The van der Waals surface area contributed by atoms with Crippen LogP contribution in [0.15, 0.2) is 48.5 Å². The summed E-state index contributed by atoms with van der Waals surface area (Å²) in [5, 5.41) is 2.95. The van der Waals surface area contributed by atoms with Crippen LogP contribution in [0.2, 0.25) is 0 Å². The van der Waals surface area contributed by atoms with Crippen LogP contribution in [-0.2, 0) is 17.6 Å². The van der Waals surface area contributed by atoms with Crippen molar-refractivity contribution in [2.45, 2.75) is 19.8 Å². The van der Waals surface area contributed by atoms with Crippen LogP contribution in [0.4, 0.5) is 0 Å². The molecule has 1 N–H and O–H groups in total. The second-order valence-corrected chi connectivity index (χ2v) is 5.07. The minimum atomic E-state index is 0.0498. The first-order chi connectivity index (χ1) is 10.2. The van der Waals surface area contributed by atoms with E-state index >= 15 is 0 Å². The van der Waals surface area contributed by atoms with Crippen molar-refractivity contribution < 1.29 is 9.53 Å². The molecule has 0 aliphatic carbocycles. The van der Waals surface area contributed by atoms with E-state index in [9.17, 15) is 4.79 Å². The van der Waals surface area contributed by atoms with Crippen LogP contribution < -0.4 is 10.1 Å². The minimum absolute atomic E-state index is 0.0498. The van der Waals surface area contributed by atoms with Gasteiger partial charge in [0.1, 0.15) is 5.75 Å². The number of carbonyl (C=O) groups excluding carboxylic acids is 1. The zero-order valence-electron chi connectivity index (χ0n) is 12.6. The Kier molecular flexibility index (Phi) is 5.38. The number of amides is 1. The number of aryl methyl sites for hydroxylation is 1. The molecule has 0 unspecified atom stereocenters. The Hall–Kier alpha value is -2.29. The number of benzene rings is 2. The molecule has 3 nitrogen and oxygen atoms in total. The lowest BCUT2D eigenvalue weighted by atomic mass is 10.1. The van der Waals surface area contributed by atoms with Crippen LogP contribution in [0.3, 0.4) is 0 Å². The van der Waals surface area contributed by atoms with Gasteiger partial charge in [0.05, 0.1) is 13.5 Å². The molecule has 110 valence electrons. The molecule has 2 rings (SSSR count). The van der Waals surface area contributed by atoms with Crippen LogP contribution in [0.5, 0.6) is 5.75 Å². The van der Waals surface area contributed by atoms with E-state index in [1.165, 1.54) is 5.56 Å². The van der Waals surface area contributed by atoms with Crippen LogP contribution in [0.1, 0.15) is 16.7 Å². The zero-order chi connectivity index (χ0) is 15.1. The van der Waals surface area contributed by atoms with E-state index in [0.29, 0.717) is 13.0 Å². The number of rotatable bonds is 6. The van der Waals surface area contributed by atoms with Crippen molar-refractivity contribution >= 4 is 5.91 Å². The van der Waals surface area contributed by atoms with Gasteiger partial charge in [0, 0.05) is 6.54 Å². The summed E-state index contributed by atoms with van der Waals surface area (Å²) < 4.78 is 5.30. The van der Waals surface area contributed by atoms with E-state index in [0.717, 1.165) is 23.3 Å². The lowest BCUT2D eigenvalue weighted by molar-refractivity contribution is -0.120. The fourth-order valence-corrected chi connectivity index (χ4v) is 2.20. The molecule has 0 saturated heterocycles. The number of hydrogen-bond donors (Lipinski definition) is 1. The van der Waals surface area contributed by atoms with E-state index in [1.807, 2.05) is 55.5 Å². The van der Waals surface area contributed by atoms with Crippen LogP contribution >= 0.6 is 0 Å². The average molecular weight is 283 g/mol. The van der Waals surface area contributed by atoms with E-state index in [1.54, 1.807) is 7.11 Å². The third kappa shape index (κ3) is 4.63. The van der Waals surface area contributed by atoms with Gasteiger partial charge < -0.3 is 10.1 Å². The van der Waals surface area contributed by atoms with Gasteiger partial charge in [-0.15, -0.1) is 0 Å². The largest absolute Gasteiger partial charge is 0.496 e. The fraction of sp³-hybridized carbons (Fsp3) is 0.278. The Labute approximate surface area is 126 Å². The molecule has 2 aromatic rings. The summed E-state index contributed by atoms with van der Waals surface area (Å²) in [6.07, 6.45) is 1.19. The lowest BCUT2D eigenvalue weighted by Gasteiger charge is -2.09. The Morgan fingerprint density at radius 1 is 1.10 bits per heavy atom. The number of hydrogen-bond acceptors (Lipinski definition) is 2. The molecule has 0 aliphatic rings. The molecule has 0 spiro atoms. The summed E-state index contributed by atoms with van der Waals surface area (Å²) in [5.41, 5.74) is 3.35. The first kappa shape index (κ1) is 15.1. The van der Waals surface area contributed by atoms with Gasteiger partial charge in [-0.05, 0) is 30.5 Å². The summed E-state index contributed by atoms with van der Waals surface area (Å²) >= 11 is 0. The Morgan fingerprint density at radius 3 is 2.52 bits per heavy atom. The van der Waals surface area contributed by atoms with Gasteiger partial charge in [-0.2, -0.15) is 0 Å². The summed E-state index contributed by atoms with van der Waals surface area (Å²) in [6, 6.07) is 15.9. The first-order valence-corrected chi connectivity index (χ1v) is 7.13. The summed E-state index contributed by atoms with van der Waals surface area (Å²) in [5.74, 6) is 0.916. The maximum atomic E-state index is 11.9. The molecule has 2 aromatic carbocycles. The molecular formula is C18H21NO2. The molecule has 0 bridgehead atoms. The van der Waals surface area contributed by atoms with Crippen LogP contribution in [0.25, 0.3) is 0 Å². The highest BCUT2D eigenvalue weighted by atomic mass is 16.5. The average Bonchev–Trinajstić information content (AvgIpc) is 2.50. The molecule has 1 amide bonds. The number of nitrogens with one attached hydrogen (secondary N) is 1. The number of methoxy groups -OCH3 is 1. The van der Waals surface area contributed by atoms with Gasteiger partial charge in [-0.25, -0.2) is 0 Å². The maximum Gasteiger partial charge on any atom is 0.224 e. The minimum Gasteiger partial charge on any atom is -0.496 e. The highest BCUT2D eigenvalue weighted by Crippen LogP contribution is 2.17. The van der Waals surface area contributed by atoms with Gasteiger partial charge in [0.2, 0.25) is 5.91 Å². The summed E-state index contributed by atoms with van der Waals surface area (Å²) in [6.45, 7) is 2.65. The predicted octanol–water partition coefficient (Wildman–Crippen LogP) is 2.91.